The van der Waals surface area contributed by atoms with Gasteiger partial charge in [0.05, 0.1) is 11.7 Å². The molecule has 1 unspecified atom stereocenters. The molecule has 176 valence electrons. The molecule has 0 saturated heterocycles. The number of aryl methyl sites for hydroxylation is 1. The van der Waals surface area contributed by atoms with E-state index in [4.69, 9.17) is 9.47 Å². The molecule has 1 atom stereocenters. The summed E-state index contributed by atoms with van der Waals surface area (Å²) in [6.07, 6.45) is 0. The number of benzene rings is 3. The summed E-state index contributed by atoms with van der Waals surface area (Å²) in [7, 11) is 0. The van der Waals surface area contributed by atoms with Crippen molar-refractivity contribution in [1.82, 2.24) is 15.1 Å². The smallest absolute Gasteiger partial charge is 0.273 e. The van der Waals surface area contributed by atoms with Crippen molar-refractivity contribution in [2.45, 2.75) is 39.3 Å². The molecule has 0 bridgehead atoms. The average Bonchev–Trinajstić information content (AvgIpc) is 3.56. The number of carbonyl (C=O) groups excluding carboxylic acids is 1. The largest absolute Gasteiger partial charge is 0.454 e. The molecule has 6 nitrogen and oxygen atoms in total. The summed E-state index contributed by atoms with van der Waals surface area (Å²) in [5, 5.41) is 7.64. The molecular weight excluding hydrogens is 438 g/mol. The Bertz CT molecular complexity index is 1400. The van der Waals surface area contributed by atoms with E-state index in [1.54, 1.807) is 0 Å². The molecule has 3 aromatic carbocycles. The molecule has 6 rings (SSSR count). The van der Waals surface area contributed by atoms with E-state index in [0.717, 1.165) is 33.7 Å². The number of nitrogens with one attached hydrogen (secondary N) is 1. The summed E-state index contributed by atoms with van der Waals surface area (Å²) in [4.78, 5) is 15.6. The van der Waals surface area contributed by atoms with Gasteiger partial charge < -0.3 is 14.4 Å². The van der Waals surface area contributed by atoms with Crippen LogP contribution in [0.5, 0.6) is 11.5 Å². The molecule has 1 aromatic heterocycles. The SMILES string of the molecule is Cc1ccc(-c2n[nH]c3c2C(c2ccc(C(C)C)cc2)N(Cc2ccc4c(c2)OCO4)C3=O)cc1. The lowest BCUT2D eigenvalue weighted by Crippen LogP contribution is -2.29. The average molecular weight is 466 g/mol. The van der Waals surface area contributed by atoms with Gasteiger partial charge in [0.25, 0.3) is 5.91 Å². The zero-order chi connectivity index (χ0) is 24.1. The molecule has 0 fully saturated rings. The number of ether oxygens (including phenoxy) is 2. The first-order valence-electron chi connectivity index (χ1n) is 11.9. The van der Waals surface area contributed by atoms with Crippen LogP contribution in [0.25, 0.3) is 11.3 Å². The van der Waals surface area contributed by atoms with Crippen molar-refractivity contribution in [3.8, 4) is 22.8 Å². The number of carbonyl (C=O) groups is 1. The maximum absolute atomic E-state index is 13.7. The number of aromatic nitrogens is 2. The van der Waals surface area contributed by atoms with Crippen LogP contribution >= 0.6 is 0 Å². The number of hydrogen-bond acceptors (Lipinski definition) is 4. The second kappa shape index (κ2) is 8.31. The van der Waals surface area contributed by atoms with Crippen LogP contribution in [0.3, 0.4) is 0 Å². The highest BCUT2D eigenvalue weighted by molar-refractivity contribution is 6.00. The minimum Gasteiger partial charge on any atom is -0.454 e. The fourth-order valence-corrected chi connectivity index (χ4v) is 4.94. The highest BCUT2D eigenvalue weighted by Gasteiger charge is 2.42. The number of hydrogen-bond donors (Lipinski definition) is 1. The Morgan fingerprint density at radius 2 is 1.74 bits per heavy atom. The van der Waals surface area contributed by atoms with Crippen molar-refractivity contribution in [2.75, 3.05) is 6.79 Å². The van der Waals surface area contributed by atoms with Crippen LogP contribution in [0, 0.1) is 6.92 Å². The first-order chi connectivity index (χ1) is 17.0. The van der Waals surface area contributed by atoms with Gasteiger partial charge >= 0.3 is 0 Å². The molecule has 0 spiro atoms. The molecule has 0 radical (unpaired) electrons. The van der Waals surface area contributed by atoms with E-state index in [9.17, 15) is 4.79 Å². The van der Waals surface area contributed by atoms with Crippen LogP contribution in [0.4, 0.5) is 0 Å². The van der Waals surface area contributed by atoms with E-state index >= 15 is 0 Å². The Hall–Kier alpha value is -4.06. The maximum atomic E-state index is 13.7. The number of H-pyrrole nitrogens is 1. The first-order valence-corrected chi connectivity index (χ1v) is 11.9. The normalized spacial score (nSPS) is 16.3. The standard InChI is InChI=1S/C29H27N3O3/c1-17(2)20-9-11-22(12-10-20)28-25-26(21-7-4-18(3)5-8-21)30-31-27(25)29(33)32(28)15-19-6-13-23-24(14-19)35-16-34-23/h4-14,17,28H,15-16H2,1-3H3,(H,30,31). The number of rotatable bonds is 5. The molecule has 4 aromatic rings. The molecule has 0 saturated carbocycles. The zero-order valence-electron chi connectivity index (χ0n) is 20.0. The fraction of sp³-hybridized carbons (Fsp3) is 0.241. The maximum Gasteiger partial charge on any atom is 0.273 e. The van der Waals surface area contributed by atoms with Gasteiger partial charge in [-0.2, -0.15) is 5.10 Å². The lowest BCUT2D eigenvalue weighted by Gasteiger charge is -2.27. The van der Waals surface area contributed by atoms with Gasteiger partial charge in [-0.1, -0.05) is 74.0 Å². The highest BCUT2D eigenvalue weighted by atomic mass is 16.7. The van der Waals surface area contributed by atoms with Gasteiger partial charge in [-0.3, -0.25) is 9.89 Å². The molecule has 35 heavy (non-hydrogen) atoms. The summed E-state index contributed by atoms with van der Waals surface area (Å²) in [6.45, 7) is 7.10. The third-order valence-corrected chi connectivity index (χ3v) is 6.90. The minimum atomic E-state index is -0.251. The highest BCUT2D eigenvalue weighted by Crippen LogP contribution is 2.44. The summed E-state index contributed by atoms with van der Waals surface area (Å²) >= 11 is 0. The number of nitrogens with zero attached hydrogens (tertiary/aromatic N) is 2. The Balaban J connectivity index is 1.44. The topological polar surface area (TPSA) is 67.5 Å². The molecule has 2 aliphatic heterocycles. The van der Waals surface area contributed by atoms with Crippen molar-refractivity contribution < 1.29 is 14.3 Å². The summed E-state index contributed by atoms with van der Waals surface area (Å²) < 4.78 is 11.0. The van der Waals surface area contributed by atoms with Crippen LogP contribution in [-0.2, 0) is 6.54 Å². The molecule has 1 amide bonds. The molecule has 2 aliphatic rings. The number of fused-ring (bicyclic) bond motifs is 2. The monoisotopic (exact) mass is 465 g/mol. The number of aromatic amines is 1. The lowest BCUT2D eigenvalue weighted by molar-refractivity contribution is 0.0730. The Morgan fingerprint density at radius 1 is 1.00 bits per heavy atom. The molecule has 6 heteroatoms. The second-order valence-corrected chi connectivity index (χ2v) is 9.57. The fourth-order valence-electron chi connectivity index (χ4n) is 4.94. The Morgan fingerprint density at radius 3 is 2.49 bits per heavy atom. The second-order valence-electron chi connectivity index (χ2n) is 9.57. The van der Waals surface area contributed by atoms with Gasteiger partial charge in [0.1, 0.15) is 5.69 Å². The lowest BCUT2D eigenvalue weighted by atomic mass is 9.93. The Kier molecular flexibility index (Phi) is 5.10. The van der Waals surface area contributed by atoms with Crippen molar-refractivity contribution in [3.05, 3.63) is 100 Å². The van der Waals surface area contributed by atoms with Crippen LogP contribution in [0.1, 0.15) is 64.1 Å². The van der Waals surface area contributed by atoms with Crippen LogP contribution in [-0.4, -0.2) is 27.8 Å². The predicted octanol–water partition coefficient (Wildman–Crippen LogP) is 5.98. The summed E-state index contributed by atoms with van der Waals surface area (Å²) in [5.74, 6) is 1.83. The zero-order valence-corrected chi connectivity index (χ0v) is 20.0. The van der Waals surface area contributed by atoms with Gasteiger partial charge in [0.2, 0.25) is 6.79 Å². The number of amides is 1. The van der Waals surface area contributed by atoms with Crippen LogP contribution < -0.4 is 9.47 Å². The summed E-state index contributed by atoms with van der Waals surface area (Å²) in [5.41, 5.74) is 7.80. The van der Waals surface area contributed by atoms with Gasteiger partial charge in [-0.25, -0.2) is 0 Å². The van der Waals surface area contributed by atoms with Gasteiger partial charge in [0.15, 0.2) is 11.5 Å². The van der Waals surface area contributed by atoms with Crippen molar-refractivity contribution >= 4 is 5.91 Å². The molecule has 3 heterocycles. The minimum absolute atomic E-state index is 0.0542. The molecule has 0 aliphatic carbocycles. The predicted molar refractivity (Wildman–Crippen MR) is 134 cm³/mol. The van der Waals surface area contributed by atoms with E-state index in [1.165, 1.54) is 11.1 Å². The van der Waals surface area contributed by atoms with Gasteiger partial charge in [0, 0.05) is 17.7 Å². The van der Waals surface area contributed by atoms with E-state index in [0.29, 0.717) is 23.9 Å². The van der Waals surface area contributed by atoms with E-state index in [2.05, 4.69) is 79.5 Å². The third-order valence-electron chi connectivity index (χ3n) is 6.90. The molecular formula is C29H27N3O3. The van der Waals surface area contributed by atoms with E-state index in [1.807, 2.05) is 23.1 Å². The molecule has 1 N–H and O–H groups in total. The van der Waals surface area contributed by atoms with Gasteiger partial charge in [-0.15, -0.1) is 0 Å². The first kappa shape index (κ1) is 21.5. The van der Waals surface area contributed by atoms with Crippen molar-refractivity contribution in [3.63, 3.8) is 0 Å². The van der Waals surface area contributed by atoms with E-state index in [-0.39, 0.29) is 18.7 Å². The third kappa shape index (κ3) is 3.66. The van der Waals surface area contributed by atoms with Crippen molar-refractivity contribution in [1.29, 1.82) is 0 Å². The van der Waals surface area contributed by atoms with Crippen LogP contribution in [0.2, 0.25) is 0 Å². The van der Waals surface area contributed by atoms with E-state index < -0.39 is 0 Å². The van der Waals surface area contributed by atoms with Gasteiger partial charge in [-0.05, 0) is 41.7 Å². The quantitative estimate of drug-likeness (QED) is 0.394. The van der Waals surface area contributed by atoms with Crippen molar-refractivity contribution in [2.24, 2.45) is 0 Å². The van der Waals surface area contributed by atoms with Crippen LogP contribution in [0.15, 0.2) is 66.7 Å². The Labute approximate surface area is 204 Å². The summed E-state index contributed by atoms with van der Waals surface area (Å²) in [6, 6.07) is 22.5.